The summed E-state index contributed by atoms with van der Waals surface area (Å²) < 4.78 is 26.2. The zero-order valence-electron chi connectivity index (χ0n) is 21.0. The first-order valence-corrected chi connectivity index (χ1v) is 12.7. The van der Waals surface area contributed by atoms with E-state index >= 15 is 0 Å². The first-order chi connectivity index (χ1) is 18.2. The summed E-state index contributed by atoms with van der Waals surface area (Å²) in [6, 6.07) is 24.0. The molecule has 1 atom stereocenters. The van der Waals surface area contributed by atoms with Crippen molar-refractivity contribution in [3.8, 4) is 17.2 Å². The molecule has 0 radical (unpaired) electrons. The maximum absolute atomic E-state index is 14.7. The average Bonchev–Trinajstić information content (AvgIpc) is 3.45. The molecular formula is C29H32FN5O2. The molecule has 1 aliphatic rings. The molecule has 0 saturated carbocycles. The third-order valence-corrected chi connectivity index (χ3v) is 6.72. The standard InChI is InChI=1S/C29H32FN5O2/c1-36-26-15-8-7-14-25(26)35-20-18-34(19-21-35)17-9-16-31-27(23-12-5-6-13-24(23)30)29-33-32-28(37-29)22-10-3-2-4-11-22/h2-8,10-15,27,31H,9,16-21H2,1H3/t27-/m1/s1. The molecule has 1 N–H and O–H groups in total. The van der Waals surface area contributed by atoms with Gasteiger partial charge in [-0.05, 0) is 49.8 Å². The van der Waals surface area contributed by atoms with E-state index in [1.807, 2.05) is 54.6 Å². The van der Waals surface area contributed by atoms with E-state index in [0.717, 1.165) is 56.1 Å². The molecule has 8 heteroatoms. The Hall–Kier alpha value is -3.75. The van der Waals surface area contributed by atoms with Crippen LogP contribution in [0.1, 0.15) is 23.9 Å². The summed E-state index contributed by atoms with van der Waals surface area (Å²) in [4.78, 5) is 4.84. The predicted octanol–water partition coefficient (Wildman–Crippen LogP) is 4.78. The fourth-order valence-corrected chi connectivity index (χ4v) is 4.74. The maximum Gasteiger partial charge on any atom is 0.247 e. The number of hydrogen-bond acceptors (Lipinski definition) is 7. The number of anilines is 1. The molecule has 7 nitrogen and oxygen atoms in total. The van der Waals surface area contributed by atoms with Crippen molar-refractivity contribution >= 4 is 5.69 Å². The van der Waals surface area contributed by atoms with Crippen LogP contribution in [-0.4, -0.2) is 61.5 Å². The zero-order valence-corrected chi connectivity index (χ0v) is 21.0. The van der Waals surface area contributed by atoms with Crippen LogP contribution in [0.2, 0.25) is 0 Å². The summed E-state index contributed by atoms with van der Waals surface area (Å²) in [6.07, 6.45) is 0.916. The molecule has 37 heavy (non-hydrogen) atoms. The van der Waals surface area contributed by atoms with Crippen LogP contribution >= 0.6 is 0 Å². The van der Waals surface area contributed by atoms with Crippen LogP contribution in [0.3, 0.4) is 0 Å². The van der Waals surface area contributed by atoms with Crippen LogP contribution in [0.5, 0.6) is 5.75 Å². The Morgan fingerprint density at radius 3 is 2.43 bits per heavy atom. The third-order valence-electron chi connectivity index (χ3n) is 6.72. The molecule has 1 aromatic heterocycles. The lowest BCUT2D eigenvalue weighted by Crippen LogP contribution is -2.47. The summed E-state index contributed by atoms with van der Waals surface area (Å²) in [6.45, 7) is 5.52. The number of rotatable bonds is 10. The Kier molecular flexibility index (Phi) is 8.08. The van der Waals surface area contributed by atoms with E-state index in [2.05, 4.69) is 31.4 Å². The van der Waals surface area contributed by atoms with Crippen molar-refractivity contribution in [1.82, 2.24) is 20.4 Å². The van der Waals surface area contributed by atoms with E-state index in [9.17, 15) is 4.39 Å². The number of nitrogens with one attached hydrogen (secondary N) is 1. The largest absolute Gasteiger partial charge is 0.495 e. The molecule has 1 fully saturated rings. The Balaban J connectivity index is 1.18. The van der Waals surface area contributed by atoms with Crippen LogP contribution in [0.4, 0.5) is 10.1 Å². The number of halogens is 1. The van der Waals surface area contributed by atoms with E-state index in [4.69, 9.17) is 9.15 Å². The molecule has 0 bridgehead atoms. The molecule has 1 saturated heterocycles. The van der Waals surface area contributed by atoms with Gasteiger partial charge in [-0.3, -0.25) is 4.90 Å². The number of para-hydroxylation sites is 2. The molecule has 0 spiro atoms. The summed E-state index contributed by atoms with van der Waals surface area (Å²) in [5, 5.41) is 11.9. The van der Waals surface area contributed by atoms with Gasteiger partial charge in [0.1, 0.15) is 17.6 Å². The van der Waals surface area contributed by atoms with Crippen molar-refractivity contribution in [2.24, 2.45) is 0 Å². The minimum absolute atomic E-state index is 0.299. The van der Waals surface area contributed by atoms with Crippen LogP contribution in [-0.2, 0) is 0 Å². The van der Waals surface area contributed by atoms with E-state index in [1.165, 1.54) is 6.07 Å². The van der Waals surface area contributed by atoms with Crippen molar-refractivity contribution in [2.45, 2.75) is 12.5 Å². The third kappa shape index (κ3) is 5.98. The smallest absolute Gasteiger partial charge is 0.247 e. The van der Waals surface area contributed by atoms with Gasteiger partial charge >= 0.3 is 0 Å². The summed E-state index contributed by atoms with van der Waals surface area (Å²) in [7, 11) is 1.72. The van der Waals surface area contributed by atoms with Gasteiger partial charge in [-0.2, -0.15) is 0 Å². The molecule has 0 unspecified atom stereocenters. The highest BCUT2D eigenvalue weighted by Crippen LogP contribution is 2.29. The van der Waals surface area contributed by atoms with Gasteiger partial charge in [-0.25, -0.2) is 4.39 Å². The topological polar surface area (TPSA) is 66.7 Å². The van der Waals surface area contributed by atoms with Gasteiger partial charge in [0, 0.05) is 37.3 Å². The second-order valence-electron chi connectivity index (χ2n) is 9.07. The zero-order chi connectivity index (χ0) is 25.5. The highest BCUT2D eigenvalue weighted by atomic mass is 19.1. The lowest BCUT2D eigenvalue weighted by molar-refractivity contribution is 0.251. The van der Waals surface area contributed by atoms with Gasteiger partial charge in [0.15, 0.2) is 0 Å². The van der Waals surface area contributed by atoms with Gasteiger partial charge in [-0.1, -0.05) is 48.5 Å². The second kappa shape index (κ2) is 12.0. The Morgan fingerprint density at radius 1 is 0.919 bits per heavy atom. The number of piperazine rings is 1. The molecular weight excluding hydrogens is 469 g/mol. The Morgan fingerprint density at radius 2 is 1.65 bits per heavy atom. The maximum atomic E-state index is 14.7. The van der Waals surface area contributed by atoms with Gasteiger partial charge in [0.2, 0.25) is 11.8 Å². The fourth-order valence-electron chi connectivity index (χ4n) is 4.74. The first-order valence-electron chi connectivity index (χ1n) is 12.7. The molecule has 0 amide bonds. The molecule has 2 heterocycles. The predicted molar refractivity (Wildman–Crippen MR) is 142 cm³/mol. The van der Waals surface area contributed by atoms with Gasteiger partial charge in [0.05, 0.1) is 12.8 Å². The van der Waals surface area contributed by atoms with Gasteiger partial charge in [-0.15, -0.1) is 10.2 Å². The normalized spacial score (nSPS) is 15.0. The molecule has 3 aromatic carbocycles. The van der Waals surface area contributed by atoms with E-state index in [-0.39, 0.29) is 5.82 Å². The lowest BCUT2D eigenvalue weighted by Gasteiger charge is -2.36. The fraction of sp³-hybridized carbons (Fsp3) is 0.310. The minimum atomic E-state index is -0.520. The van der Waals surface area contributed by atoms with Crippen LogP contribution in [0.25, 0.3) is 11.5 Å². The van der Waals surface area contributed by atoms with Gasteiger partial charge < -0.3 is 19.4 Å². The number of benzene rings is 3. The van der Waals surface area contributed by atoms with Crippen LogP contribution in [0.15, 0.2) is 83.3 Å². The van der Waals surface area contributed by atoms with Crippen molar-refractivity contribution in [3.05, 3.63) is 96.1 Å². The monoisotopic (exact) mass is 501 g/mol. The SMILES string of the molecule is COc1ccccc1N1CCN(CCCN[C@@H](c2nnc(-c3ccccc3)o2)c2ccccc2F)CC1. The highest BCUT2D eigenvalue weighted by Gasteiger charge is 2.24. The number of hydrogen-bond donors (Lipinski definition) is 1. The van der Waals surface area contributed by atoms with Crippen molar-refractivity contribution in [2.75, 3.05) is 51.3 Å². The van der Waals surface area contributed by atoms with E-state index < -0.39 is 6.04 Å². The van der Waals surface area contributed by atoms with Crippen LogP contribution in [0, 0.1) is 5.82 Å². The van der Waals surface area contributed by atoms with E-state index in [0.29, 0.717) is 23.9 Å². The molecule has 1 aliphatic heterocycles. The first kappa shape index (κ1) is 24.9. The minimum Gasteiger partial charge on any atom is -0.495 e. The summed E-state index contributed by atoms with van der Waals surface area (Å²) in [5.41, 5.74) is 2.48. The number of nitrogens with zero attached hydrogens (tertiary/aromatic N) is 4. The molecule has 0 aliphatic carbocycles. The van der Waals surface area contributed by atoms with Gasteiger partial charge in [0.25, 0.3) is 0 Å². The highest BCUT2D eigenvalue weighted by molar-refractivity contribution is 5.58. The average molecular weight is 502 g/mol. The van der Waals surface area contributed by atoms with Crippen LogP contribution < -0.4 is 15.0 Å². The quantitative estimate of drug-likeness (QED) is 0.314. The van der Waals surface area contributed by atoms with Crippen molar-refractivity contribution in [1.29, 1.82) is 0 Å². The van der Waals surface area contributed by atoms with Crippen molar-refractivity contribution in [3.63, 3.8) is 0 Å². The molecule has 192 valence electrons. The second-order valence-corrected chi connectivity index (χ2v) is 9.07. The number of methoxy groups -OCH3 is 1. The summed E-state index contributed by atoms with van der Waals surface area (Å²) in [5.74, 6) is 1.39. The summed E-state index contributed by atoms with van der Waals surface area (Å²) >= 11 is 0. The number of ether oxygens (including phenoxy) is 1. The molecule has 4 aromatic rings. The van der Waals surface area contributed by atoms with Crippen molar-refractivity contribution < 1.29 is 13.5 Å². The number of aromatic nitrogens is 2. The lowest BCUT2D eigenvalue weighted by atomic mass is 10.1. The van der Waals surface area contributed by atoms with E-state index in [1.54, 1.807) is 19.2 Å². The Bertz CT molecular complexity index is 1270. The Labute approximate surface area is 216 Å². The molecule has 5 rings (SSSR count).